The van der Waals surface area contributed by atoms with Gasteiger partial charge in [0, 0.05) is 23.5 Å². The van der Waals surface area contributed by atoms with Gasteiger partial charge in [-0.15, -0.1) is 11.3 Å². The van der Waals surface area contributed by atoms with E-state index in [0.29, 0.717) is 5.56 Å². The summed E-state index contributed by atoms with van der Waals surface area (Å²) < 4.78 is 0. The van der Waals surface area contributed by atoms with E-state index in [1.165, 1.54) is 10.4 Å². The number of carbonyl (C=O) groups excluding carboxylic acids is 1. The monoisotopic (exact) mass is 260 g/mol. The Balaban J connectivity index is 1.92. The summed E-state index contributed by atoms with van der Waals surface area (Å²) in [4.78, 5) is 12.4. The van der Waals surface area contributed by atoms with E-state index in [2.05, 4.69) is 23.7 Å². The number of carbonyl (C=O) groups is 1. The summed E-state index contributed by atoms with van der Waals surface area (Å²) >= 11 is 1.76. The molecule has 3 nitrogen and oxygen atoms in total. The van der Waals surface area contributed by atoms with Crippen LogP contribution in [0.25, 0.3) is 0 Å². The lowest BCUT2D eigenvalue weighted by molar-refractivity contribution is 0.1000. The van der Waals surface area contributed by atoms with Gasteiger partial charge < -0.3 is 11.1 Å². The van der Waals surface area contributed by atoms with Crippen molar-refractivity contribution in [3.05, 3.63) is 57.3 Å². The summed E-state index contributed by atoms with van der Waals surface area (Å²) in [6.07, 6.45) is 0. The zero-order chi connectivity index (χ0) is 13.0. The third-order valence-corrected chi connectivity index (χ3v) is 3.82. The van der Waals surface area contributed by atoms with Crippen molar-refractivity contribution in [2.24, 2.45) is 5.73 Å². The first-order chi connectivity index (χ1) is 8.66. The summed E-state index contributed by atoms with van der Waals surface area (Å²) in [7, 11) is 0. The number of aryl methyl sites for hydroxylation is 1. The SMILES string of the molecule is Cc1ccsc1CNCc1cccc(C(N)=O)c1. The van der Waals surface area contributed by atoms with E-state index in [0.717, 1.165) is 18.7 Å². The Bertz CT molecular complexity index is 548. The molecule has 0 fully saturated rings. The molecular weight excluding hydrogens is 244 g/mol. The van der Waals surface area contributed by atoms with Crippen LogP contribution in [0.4, 0.5) is 0 Å². The van der Waals surface area contributed by atoms with Crippen LogP contribution < -0.4 is 11.1 Å². The molecule has 1 heterocycles. The lowest BCUT2D eigenvalue weighted by Gasteiger charge is -2.05. The lowest BCUT2D eigenvalue weighted by atomic mass is 10.1. The van der Waals surface area contributed by atoms with Crippen molar-refractivity contribution >= 4 is 17.2 Å². The topological polar surface area (TPSA) is 55.1 Å². The van der Waals surface area contributed by atoms with Crippen molar-refractivity contribution in [1.29, 1.82) is 0 Å². The maximum Gasteiger partial charge on any atom is 0.248 e. The van der Waals surface area contributed by atoms with Gasteiger partial charge in [0.1, 0.15) is 0 Å². The Morgan fingerprint density at radius 1 is 1.33 bits per heavy atom. The maximum atomic E-state index is 11.1. The number of nitrogens with one attached hydrogen (secondary N) is 1. The molecule has 0 atom stereocenters. The fourth-order valence-electron chi connectivity index (χ4n) is 1.74. The minimum Gasteiger partial charge on any atom is -0.366 e. The molecule has 0 spiro atoms. The normalized spacial score (nSPS) is 10.5. The number of primary amides is 1. The minimum absolute atomic E-state index is 0.383. The second-order valence-corrected chi connectivity index (χ2v) is 5.20. The average Bonchev–Trinajstić information content (AvgIpc) is 2.76. The molecule has 94 valence electrons. The standard InChI is InChI=1S/C14H16N2OS/c1-10-5-6-18-13(10)9-16-8-11-3-2-4-12(7-11)14(15)17/h2-7,16H,8-9H2,1H3,(H2,15,17). The quantitative estimate of drug-likeness (QED) is 0.867. The van der Waals surface area contributed by atoms with Gasteiger partial charge in [0.2, 0.25) is 5.91 Å². The zero-order valence-corrected chi connectivity index (χ0v) is 11.1. The molecule has 0 unspecified atom stereocenters. The number of amides is 1. The Morgan fingerprint density at radius 2 is 2.17 bits per heavy atom. The van der Waals surface area contributed by atoms with Crippen LogP contribution in [-0.2, 0) is 13.1 Å². The number of thiophene rings is 1. The van der Waals surface area contributed by atoms with Crippen LogP contribution in [0.1, 0.15) is 26.4 Å². The van der Waals surface area contributed by atoms with Crippen LogP contribution in [0.5, 0.6) is 0 Å². The minimum atomic E-state index is -0.383. The molecule has 0 saturated carbocycles. The predicted octanol–water partition coefficient (Wildman–Crippen LogP) is 2.45. The van der Waals surface area contributed by atoms with Crippen LogP contribution in [0, 0.1) is 6.92 Å². The number of benzene rings is 1. The van der Waals surface area contributed by atoms with Crippen LogP contribution >= 0.6 is 11.3 Å². The smallest absolute Gasteiger partial charge is 0.248 e. The number of rotatable bonds is 5. The van der Waals surface area contributed by atoms with Crippen LogP contribution in [0.3, 0.4) is 0 Å². The Kier molecular flexibility index (Phi) is 4.12. The maximum absolute atomic E-state index is 11.1. The average molecular weight is 260 g/mol. The van der Waals surface area contributed by atoms with Gasteiger partial charge in [0.25, 0.3) is 0 Å². The highest BCUT2D eigenvalue weighted by molar-refractivity contribution is 7.10. The van der Waals surface area contributed by atoms with Crippen molar-refractivity contribution in [2.75, 3.05) is 0 Å². The third-order valence-electron chi connectivity index (χ3n) is 2.79. The molecule has 0 aliphatic carbocycles. The van der Waals surface area contributed by atoms with Crippen LogP contribution in [0.2, 0.25) is 0 Å². The molecule has 0 bridgehead atoms. The summed E-state index contributed by atoms with van der Waals surface area (Å²) in [5.41, 5.74) is 8.20. The third kappa shape index (κ3) is 3.18. The van der Waals surface area contributed by atoms with E-state index in [-0.39, 0.29) is 5.91 Å². The molecule has 1 aromatic heterocycles. The van der Waals surface area contributed by atoms with Crippen molar-refractivity contribution < 1.29 is 4.79 Å². The van der Waals surface area contributed by atoms with Gasteiger partial charge in [-0.05, 0) is 41.6 Å². The molecule has 4 heteroatoms. The number of nitrogens with two attached hydrogens (primary N) is 1. The van der Waals surface area contributed by atoms with Crippen molar-refractivity contribution in [1.82, 2.24) is 5.32 Å². The molecule has 0 aliphatic heterocycles. The fourth-order valence-corrected chi connectivity index (χ4v) is 2.62. The van der Waals surface area contributed by atoms with Gasteiger partial charge in [0.15, 0.2) is 0 Å². The van der Waals surface area contributed by atoms with Gasteiger partial charge in [-0.3, -0.25) is 4.79 Å². The van der Waals surface area contributed by atoms with Gasteiger partial charge in [0.05, 0.1) is 0 Å². The summed E-state index contributed by atoms with van der Waals surface area (Å²) in [5, 5.41) is 5.47. The molecular formula is C14H16N2OS. The van der Waals surface area contributed by atoms with E-state index in [4.69, 9.17) is 5.73 Å². The highest BCUT2D eigenvalue weighted by Gasteiger charge is 2.02. The first-order valence-electron chi connectivity index (χ1n) is 5.79. The van der Waals surface area contributed by atoms with E-state index in [1.807, 2.05) is 18.2 Å². The summed E-state index contributed by atoms with van der Waals surface area (Å²) in [6, 6.07) is 9.52. The van der Waals surface area contributed by atoms with E-state index in [9.17, 15) is 4.79 Å². The highest BCUT2D eigenvalue weighted by atomic mass is 32.1. The van der Waals surface area contributed by atoms with E-state index < -0.39 is 0 Å². The lowest BCUT2D eigenvalue weighted by Crippen LogP contribution is -2.14. The van der Waals surface area contributed by atoms with E-state index in [1.54, 1.807) is 17.4 Å². The molecule has 1 aromatic carbocycles. The molecule has 3 N–H and O–H groups in total. The zero-order valence-electron chi connectivity index (χ0n) is 10.3. The molecule has 0 radical (unpaired) electrons. The van der Waals surface area contributed by atoms with Gasteiger partial charge >= 0.3 is 0 Å². The first kappa shape index (κ1) is 12.8. The Hall–Kier alpha value is -1.65. The molecule has 2 rings (SSSR count). The van der Waals surface area contributed by atoms with Crippen molar-refractivity contribution in [3.63, 3.8) is 0 Å². The van der Waals surface area contributed by atoms with Crippen molar-refractivity contribution in [2.45, 2.75) is 20.0 Å². The van der Waals surface area contributed by atoms with Crippen molar-refractivity contribution in [3.8, 4) is 0 Å². The van der Waals surface area contributed by atoms with Crippen LogP contribution in [-0.4, -0.2) is 5.91 Å². The fraction of sp³-hybridized carbons (Fsp3) is 0.214. The molecule has 2 aromatic rings. The Labute approximate surface area is 111 Å². The van der Waals surface area contributed by atoms with Gasteiger partial charge in [-0.1, -0.05) is 12.1 Å². The number of hydrogen-bond acceptors (Lipinski definition) is 3. The highest BCUT2D eigenvalue weighted by Crippen LogP contribution is 2.15. The molecule has 1 amide bonds. The van der Waals surface area contributed by atoms with Gasteiger partial charge in [-0.2, -0.15) is 0 Å². The first-order valence-corrected chi connectivity index (χ1v) is 6.67. The summed E-state index contributed by atoms with van der Waals surface area (Å²) in [6.45, 7) is 3.70. The largest absolute Gasteiger partial charge is 0.366 e. The predicted molar refractivity (Wildman–Crippen MR) is 74.6 cm³/mol. The van der Waals surface area contributed by atoms with Crippen LogP contribution in [0.15, 0.2) is 35.7 Å². The second-order valence-electron chi connectivity index (χ2n) is 4.19. The van der Waals surface area contributed by atoms with Gasteiger partial charge in [-0.25, -0.2) is 0 Å². The molecule has 18 heavy (non-hydrogen) atoms. The van der Waals surface area contributed by atoms with E-state index >= 15 is 0 Å². The second kappa shape index (κ2) is 5.80. The molecule has 0 saturated heterocycles. The number of hydrogen-bond donors (Lipinski definition) is 2. The Morgan fingerprint density at radius 3 is 2.83 bits per heavy atom. The summed E-state index contributed by atoms with van der Waals surface area (Å²) in [5.74, 6) is -0.383. The molecule has 0 aliphatic rings.